The van der Waals surface area contributed by atoms with Crippen molar-refractivity contribution in [2.45, 2.75) is 24.8 Å². The Bertz CT molecular complexity index is 1070. The summed E-state index contributed by atoms with van der Waals surface area (Å²) in [7, 11) is 0. The predicted molar refractivity (Wildman–Crippen MR) is 101 cm³/mol. The summed E-state index contributed by atoms with van der Waals surface area (Å²) in [6, 6.07) is 11.5. The molecule has 1 aliphatic rings. The van der Waals surface area contributed by atoms with Crippen LogP contribution in [0.4, 0.5) is 17.3 Å². The summed E-state index contributed by atoms with van der Waals surface area (Å²) < 4.78 is 0. The number of amides is 1. The van der Waals surface area contributed by atoms with Crippen LogP contribution in [0.1, 0.15) is 25.0 Å². The molecule has 27 heavy (non-hydrogen) atoms. The minimum absolute atomic E-state index is 0.161. The number of nitriles is 1. The molecule has 4 N–H and O–H groups in total. The van der Waals surface area contributed by atoms with Crippen LogP contribution >= 0.6 is 0 Å². The molecule has 1 saturated carbocycles. The van der Waals surface area contributed by atoms with Gasteiger partial charge in [0.05, 0.1) is 11.7 Å². The summed E-state index contributed by atoms with van der Waals surface area (Å²) in [5, 5.41) is 16.5. The van der Waals surface area contributed by atoms with E-state index in [9.17, 15) is 10.1 Å². The van der Waals surface area contributed by atoms with E-state index in [1.54, 1.807) is 6.20 Å². The maximum atomic E-state index is 11.8. The van der Waals surface area contributed by atoms with E-state index in [-0.39, 0.29) is 5.69 Å². The lowest BCUT2D eigenvalue weighted by Gasteiger charge is -2.39. The van der Waals surface area contributed by atoms with E-state index in [0.29, 0.717) is 24.5 Å². The highest BCUT2D eigenvalue weighted by atomic mass is 16.1. The maximum absolute atomic E-state index is 11.8. The third kappa shape index (κ3) is 3.11. The van der Waals surface area contributed by atoms with Crippen molar-refractivity contribution in [3.8, 4) is 6.07 Å². The van der Waals surface area contributed by atoms with Gasteiger partial charge in [0.25, 0.3) is 0 Å². The Labute approximate surface area is 155 Å². The Morgan fingerprint density at radius 1 is 1.26 bits per heavy atom. The second-order valence-corrected chi connectivity index (χ2v) is 6.53. The number of aromatic nitrogens is 3. The first-order chi connectivity index (χ1) is 13.1. The average molecular weight is 359 g/mol. The normalized spacial score (nSPS) is 14.8. The number of benzene rings is 1. The molecule has 0 aliphatic heterocycles. The van der Waals surface area contributed by atoms with Gasteiger partial charge in [-0.05, 0) is 43.5 Å². The zero-order chi connectivity index (χ0) is 18.9. The number of nitrogens with one attached hydrogen (secondary N) is 2. The number of anilines is 3. The zero-order valence-corrected chi connectivity index (χ0v) is 14.4. The van der Waals surface area contributed by atoms with Crippen LogP contribution in [0, 0.1) is 11.3 Å². The third-order valence-corrected chi connectivity index (χ3v) is 4.79. The van der Waals surface area contributed by atoms with Gasteiger partial charge >= 0.3 is 0 Å². The summed E-state index contributed by atoms with van der Waals surface area (Å²) in [5.74, 6) is 0.304. The van der Waals surface area contributed by atoms with Crippen molar-refractivity contribution in [3.63, 3.8) is 0 Å². The maximum Gasteiger partial charge on any atom is 0.243 e. The van der Waals surface area contributed by atoms with Crippen molar-refractivity contribution >= 4 is 34.1 Å². The quantitative estimate of drug-likeness (QED) is 0.638. The Balaban J connectivity index is 1.64. The highest BCUT2D eigenvalue weighted by Gasteiger charge is 2.43. The standard InChI is InChI=1S/C19H17N7O/c20-10-15-17(24-13-4-5-14-12(9-13)3-1-8-22-14)25-16(11-23-15)26-19(18(21)27)6-2-7-19/h1,3-5,8-9,11H,2,6-7H2,(H2,21,27)(H2,24,25,26). The van der Waals surface area contributed by atoms with Crippen molar-refractivity contribution in [1.29, 1.82) is 5.26 Å². The molecule has 134 valence electrons. The average Bonchev–Trinajstić information content (AvgIpc) is 2.64. The lowest BCUT2D eigenvalue weighted by Crippen LogP contribution is -2.55. The Hall–Kier alpha value is -3.73. The fourth-order valence-electron chi connectivity index (χ4n) is 3.12. The van der Waals surface area contributed by atoms with Crippen LogP contribution in [0.25, 0.3) is 10.9 Å². The topological polar surface area (TPSA) is 130 Å². The number of nitrogens with zero attached hydrogens (tertiary/aromatic N) is 4. The molecule has 0 atom stereocenters. The van der Waals surface area contributed by atoms with Gasteiger partial charge in [0.15, 0.2) is 11.5 Å². The molecule has 0 unspecified atom stereocenters. The molecule has 4 rings (SSSR count). The minimum Gasteiger partial charge on any atom is -0.368 e. The first-order valence-corrected chi connectivity index (χ1v) is 8.57. The van der Waals surface area contributed by atoms with E-state index in [1.165, 1.54) is 6.20 Å². The molecule has 1 fully saturated rings. The highest BCUT2D eigenvalue weighted by Crippen LogP contribution is 2.35. The smallest absolute Gasteiger partial charge is 0.243 e. The molecule has 3 aromatic rings. The molecule has 1 aromatic carbocycles. The van der Waals surface area contributed by atoms with E-state index in [4.69, 9.17) is 5.73 Å². The van der Waals surface area contributed by atoms with E-state index in [1.807, 2.05) is 36.4 Å². The molecule has 8 heteroatoms. The Morgan fingerprint density at radius 3 is 2.81 bits per heavy atom. The Kier molecular flexibility index (Phi) is 4.05. The second-order valence-electron chi connectivity index (χ2n) is 6.53. The minimum atomic E-state index is -0.783. The molecule has 2 aromatic heterocycles. The van der Waals surface area contributed by atoms with Gasteiger partial charge in [0.1, 0.15) is 17.4 Å². The van der Waals surface area contributed by atoms with Gasteiger partial charge in [-0.15, -0.1) is 0 Å². The largest absolute Gasteiger partial charge is 0.368 e. The number of carbonyl (C=O) groups excluding carboxylic acids is 1. The van der Waals surface area contributed by atoms with Crippen molar-refractivity contribution < 1.29 is 4.79 Å². The number of hydrogen-bond donors (Lipinski definition) is 3. The fraction of sp³-hybridized carbons (Fsp3) is 0.211. The van der Waals surface area contributed by atoms with Crippen LogP contribution in [-0.2, 0) is 4.79 Å². The molecular formula is C19H17N7O. The van der Waals surface area contributed by atoms with Crippen LogP contribution < -0.4 is 16.4 Å². The molecule has 1 amide bonds. The number of hydrogen-bond acceptors (Lipinski definition) is 7. The molecule has 0 radical (unpaired) electrons. The van der Waals surface area contributed by atoms with Gasteiger partial charge in [0.2, 0.25) is 5.91 Å². The first-order valence-electron chi connectivity index (χ1n) is 8.57. The van der Waals surface area contributed by atoms with Crippen molar-refractivity contribution in [2.75, 3.05) is 10.6 Å². The van der Waals surface area contributed by atoms with Crippen LogP contribution in [0.3, 0.4) is 0 Å². The number of pyridine rings is 1. The van der Waals surface area contributed by atoms with E-state index in [2.05, 4.69) is 25.6 Å². The molecule has 1 aliphatic carbocycles. The molecule has 0 bridgehead atoms. The molecule has 0 spiro atoms. The first kappa shape index (κ1) is 16.7. The van der Waals surface area contributed by atoms with Crippen LogP contribution in [0.5, 0.6) is 0 Å². The van der Waals surface area contributed by atoms with E-state index in [0.717, 1.165) is 23.0 Å². The predicted octanol–water partition coefficient (Wildman–Crippen LogP) is 2.46. The van der Waals surface area contributed by atoms with Crippen molar-refractivity contribution in [2.24, 2.45) is 5.73 Å². The van der Waals surface area contributed by atoms with Crippen molar-refractivity contribution in [3.05, 3.63) is 48.4 Å². The van der Waals surface area contributed by atoms with Crippen LogP contribution in [0.2, 0.25) is 0 Å². The lowest BCUT2D eigenvalue weighted by molar-refractivity contribution is -0.124. The molecular weight excluding hydrogens is 342 g/mol. The third-order valence-electron chi connectivity index (χ3n) is 4.79. The molecule has 0 saturated heterocycles. The van der Waals surface area contributed by atoms with Gasteiger partial charge in [-0.1, -0.05) is 6.07 Å². The van der Waals surface area contributed by atoms with Gasteiger partial charge in [-0.2, -0.15) is 5.26 Å². The lowest BCUT2D eigenvalue weighted by atomic mass is 9.76. The van der Waals surface area contributed by atoms with Crippen LogP contribution in [0.15, 0.2) is 42.7 Å². The SMILES string of the molecule is N#Cc1ncc(NC2(C(N)=O)CCC2)nc1Nc1ccc2ncccc2c1. The van der Waals surface area contributed by atoms with E-state index >= 15 is 0 Å². The highest BCUT2D eigenvalue weighted by molar-refractivity contribution is 5.89. The van der Waals surface area contributed by atoms with Gasteiger partial charge in [-0.3, -0.25) is 9.78 Å². The number of nitrogens with two attached hydrogens (primary N) is 1. The van der Waals surface area contributed by atoms with E-state index < -0.39 is 11.4 Å². The summed E-state index contributed by atoms with van der Waals surface area (Å²) >= 11 is 0. The summed E-state index contributed by atoms with van der Waals surface area (Å²) in [5.41, 5.74) is 6.54. The number of primary amides is 1. The zero-order valence-electron chi connectivity index (χ0n) is 14.4. The summed E-state index contributed by atoms with van der Waals surface area (Å²) in [4.78, 5) is 24.6. The monoisotopic (exact) mass is 359 g/mol. The van der Waals surface area contributed by atoms with Crippen LogP contribution in [-0.4, -0.2) is 26.4 Å². The molecule has 8 nitrogen and oxygen atoms in total. The number of fused-ring (bicyclic) bond motifs is 1. The number of rotatable bonds is 5. The summed E-state index contributed by atoms with van der Waals surface area (Å²) in [6.07, 6.45) is 5.42. The van der Waals surface area contributed by atoms with Gasteiger partial charge < -0.3 is 16.4 Å². The van der Waals surface area contributed by atoms with Crippen molar-refractivity contribution in [1.82, 2.24) is 15.0 Å². The Morgan fingerprint density at radius 2 is 2.11 bits per heavy atom. The number of carbonyl (C=O) groups is 1. The second kappa shape index (κ2) is 6.53. The van der Waals surface area contributed by atoms with Gasteiger partial charge in [-0.25, -0.2) is 9.97 Å². The fourth-order valence-corrected chi connectivity index (χ4v) is 3.12. The molecule has 2 heterocycles. The van der Waals surface area contributed by atoms with Gasteiger partial charge in [0, 0.05) is 17.3 Å². The summed E-state index contributed by atoms with van der Waals surface area (Å²) in [6.45, 7) is 0.